The summed E-state index contributed by atoms with van der Waals surface area (Å²) < 4.78 is 13.8. The van der Waals surface area contributed by atoms with Gasteiger partial charge in [0, 0.05) is 23.7 Å². The number of nitrogens with one attached hydrogen (secondary N) is 1. The molecular formula is C23H22ClFN4. The summed E-state index contributed by atoms with van der Waals surface area (Å²) in [4.78, 5) is 16.8. The Morgan fingerprint density at radius 3 is 2.76 bits per heavy atom. The number of aromatic nitrogens is 4. The van der Waals surface area contributed by atoms with Gasteiger partial charge < -0.3 is 4.98 Å². The fraction of sp³-hybridized carbons (Fsp3) is 0.348. The number of nitrogens with zero attached hydrogens (tertiary/aromatic N) is 3. The molecule has 148 valence electrons. The average Bonchev–Trinajstić information content (AvgIpc) is 3.16. The van der Waals surface area contributed by atoms with Gasteiger partial charge in [-0.25, -0.2) is 14.4 Å². The molecule has 0 radical (unpaired) electrons. The van der Waals surface area contributed by atoms with Crippen LogP contribution in [-0.4, -0.2) is 19.9 Å². The lowest BCUT2D eigenvalue weighted by Crippen LogP contribution is -2.19. The van der Waals surface area contributed by atoms with E-state index in [0.717, 1.165) is 53.6 Å². The first-order valence-electron chi connectivity index (χ1n) is 10.1. The minimum Gasteiger partial charge on any atom is -0.340 e. The van der Waals surface area contributed by atoms with Gasteiger partial charge in [0.15, 0.2) is 5.65 Å². The van der Waals surface area contributed by atoms with Crippen molar-refractivity contribution in [1.29, 1.82) is 0 Å². The van der Waals surface area contributed by atoms with Gasteiger partial charge in [0.2, 0.25) is 0 Å². The highest BCUT2D eigenvalue weighted by molar-refractivity contribution is 6.31. The number of benzene rings is 1. The van der Waals surface area contributed by atoms with Crippen molar-refractivity contribution >= 4 is 33.7 Å². The lowest BCUT2D eigenvalue weighted by atomic mass is 9.73. The van der Waals surface area contributed by atoms with Crippen molar-refractivity contribution in [1.82, 2.24) is 19.9 Å². The van der Waals surface area contributed by atoms with Crippen LogP contribution in [0.2, 0.25) is 5.02 Å². The molecule has 3 aromatic heterocycles. The zero-order valence-corrected chi connectivity index (χ0v) is 17.0. The van der Waals surface area contributed by atoms with Crippen LogP contribution in [0.15, 0.2) is 42.7 Å². The SMILES string of the molecule is C[C@@H](c1nc2ncc(Cl)cc2[nH]1)[C@H]1CC[C@@H](c2ccnc3ccc(F)cc32)CC1. The highest BCUT2D eigenvalue weighted by Crippen LogP contribution is 2.42. The minimum atomic E-state index is -0.201. The van der Waals surface area contributed by atoms with E-state index < -0.39 is 0 Å². The van der Waals surface area contributed by atoms with E-state index in [1.54, 1.807) is 18.3 Å². The van der Waals surface area contributed by atoms with Crippen LogP contribution in [0.5, 0.6) is 0 Å². The molecule has 1 atom stereocenters. The number of H-pyrrole nitrogens is 1. The van der Waals surface area contributed by atoms with Crippen molar-refractivity contribution in [3.8, 4) is 0 Å². The van der Waals surface area contributed by atoms with Crippen LogP contribution in [-0.2, 0) is 0 Å². The lowest BCUT2D eigenvalue weighted by Gasteiger charge is -2.32. The van der Waals surface area contributed by atoms with Crippen LogP contribution in [0.3, 0.4) is 0 Å². The van der Waals surface area contributed by atoms with Crippen molar-refractivity contribution in [2.24, 2.45) is 5.92 Å². The summed E-state index contributed by atoms with van der Waals surface area (Å²) in [5.74, 6) is 2.12. The molecule has 0 amide bonds. The predicted octanol–water partition coefficient (Wildman–Crippen LogP) is 6.38. The first-order chi connectivity index (χ1) is 14.1. The van der Waals surface area contributed by atoms with Gasteiger partial charge in [-0.1, -0.05) is 18.5 Å². The minimum absolute atomic E-state index is 0.201. The van der Waals surface area contributed by atoms with Crippen LogP contribution in [0.4, 0.5) is 4.39 Å². The molecule has 0 bridgehead atoms. The average molecular weight is 409 g/mol. The molecule has 1 aromatic carbocycles. The van der Waals surface area contributed by atoms with Gasteiger partial charge in [-0.2, -0.15) is 0 Å². The topological polar surface area (TPSA) is 54.5 Å². The lowest BCUT2D eigenvalue weighted by molar-refractivity contribution is 0.286. The molecule has 6 heteroatoms. The van der Waals surface area contributed by atoms with E-state index in [1.807, 2.05) is 12.3 Å². The smallest absolute Gasteiger partial charge is 0.177 e. The molecule has 3 heterocycles. The number of imidazole rings is 1. The van der Waals surface area contributed by atoms with E-state index in [0.29, 0.717) is 22.8 Å². The van der Waals surface area contributed by atoms with Crippen LogP contribution in [0.1, 0.15) is 55.8 Å². The van der Waals surface area contributed by atoms with Gasteiger partial charge in [0.25, 0.3) is 0 Å². The van der Waals surface area contributed by atoms with Crippen LogP contribution in [0.25, 0.3) is 22.1 Å². The summed E-state index contributed by atoms with van der Waals surface area (Å²) >= 11 is 6.04. The maximum atomic E-state index is 13.8. The summed E-state index contributed by atoms with van der Waals surface area (Å²) in [6.45, 7) is 2.24. The molecule has 4 nitrogen and oxygen atoms in total. The number of pyridine rings is 2. The molecule has 5 rings (SSSR count). The Bertz CT molecular complexity index is 1180. The summed E-state index contributed by atoms with van der Waals surface area (Å²) in [6.07, 6.45) is 7.90. The van der Waals surface area contributed by atoms with Crippen molar-refractivity contribution in [3.05, 3.63) is 65.0 Å². The Kier molecular flexibility index (Phi) is 4.70. The van der Waals surface area contributed by atoms with Gasteiger partial charge >= 0.3 is 0 Å². The first-order valence-corrected chi connectivity index (χ1v) is 10.5. The van der Waals surface area contributed by atoms with Gasteiger partial charge in [0.05, 0.1) is 16.1 Å². The second kappa shape index (κ2) is 7.38. The predicted molar refractivity (Wildman–Crippen MR) is 114 cm³/mol. The summed E-state index contributed by atoms with van der Waals surface area (Å²) in [6, 6.07) is 8.80. The Hall–Kier alpha value is -2.53. The van der Waals surface area contributed by atoms with Crippen LogP contribution in [0, 0.1) is 11.7 Å². The monoisotopic (exact) mass is 408 g/mol. The Balaban J connectivity index is 1.34. The number of hydrogen-bond donors (Lipinski definition) is 1. The largest absolute Gasteiger partial charge is 0.340 e. The summed E-state index contributed by atoms with van der Waals surface area (Å²) in [7, 11) is 0. The van der Waals surface area contributed by atoms with Crippen molar-refractivity contribution in [3.63, 3.8) is 0 Å². The van der Waals surface area contributed by atoms with Gasteiger partial charge in [0.1, 0.15) is 11.6 Å². The molecule has 4 aromatic rings. The van der Waals surface area contributed by atoms with Crippen molar-refractivity contribution in [2.45, 2.75) is 44.4 Å². The Labute approximate surface area is 173 Å². The molecule has 1 aliphatic carbocycles. The molecule has 0 spiro atoms. The molecular weight excluding hydrogens is 387 g/mol. The third-order valence-corrected chi connectivity index (χ3v) is 6.62. The second-order valence-electron chi connectivity index (χ2n) is 8.11. The molecule has 1 fully saturated rings. The van der Waals surface area contributed by atoms with E-state index in [2.05, 4.69) is 32.9 Å². The number of fused-ring (bicyclic) bond motifs is 2. The van der Waals surface area contributed by atoms with Gasteiger partial charge in [-0.05, 0) is 73.4 Å². The maximum Gasteiger partial charge on any atom is 0.177 e. The molecule has 0 saturated heterocycles. The van der Waals surface area contributed by atoms with Crippen LogP contribution < -0.4 is 0 Å². The zero-order valence-electron chi connectivity index (χ0n) is 16.2. The van der Waals surface area contributed by atoms with Gasteiger partial charge in [-0.15, -0.1) is 0 Å². The van der Waals surface area contributed by atoms with Crippen molar-refractivity contribution in [2.75, 3.05) is 0 Å². The molecule has 1 N–H and O–H groups in total. The highest BCUT2D eigenvalue weighted by atomic mass is 35.5. The summed E-state index contributed by atoms with van der Waals surface area (Å²) in [5.41, 5.74) is 3.70. The maximum absolute atomic E-state index is 13.8. The third-order valence-electron chi connectivity index (χ3n) is 6.41. The van der Waals surface area contributed by atoms with Crippen LogP contribution >= 0.6 is 11.6 Å². The standard InChI is InChI=1S/C23H22ClFN4/c1-13(22-28-21-10-16(24)12-27-23(21)29-22)14-2-4-15(5-3-14)18-8-9-26-20-7-6-17(25)11-19(18)20/h6-15H,2-5H2,1H3,(H,27,28,29)/t13-,14-,15+/m1/s1. The third kappa shape index (κ3) is 3.48. The molecule has 1 aliphatic rings. The Morgan fingerprint density at radius 1 is 1.10 bits per heavy atom. The second-order valence-corrected chi connectivity index (χ2v) is 8.55. The number of hydrogen-bond acceptors (Lipinski definition) is 3. The van der Waals surface area contributed by atoms with Gasteiger partial charge in [-0.3, -0.25) is 4.98 Å². The molecule has 0 aliphatic heterocycles. The zero-order chi connectivity index (χ0) is 20.0. The fourth-order valence-corrected chi connectivity index (χ4v) is 4.92. The number of aromatic amines is 1. The number of rotatable bonds is 3. The van der Waals surface area contributed by atoms with E-state index in [1.165, 1.54) is 11.6 Å². The van der Waals surface area contributed by atoms with E-state index in [-0.39, 0.29) is 5.82 Å². The number of halogens is 2. The molecule has 29 heavy (non-hydrogen) atoms. The summed E-state index contributed by atoms with van der Waals surface area (Å²) in [5, 5.41) is 1.56. The van der Waals surface area contributed by atoms with E-state index in [4.69, 9.17) is 11.6 Å². The van der Waals surface area contributed by atoms with E-state index in [9.17, 15) is 4.39 Å². The van der Waals surface area contributed by atoms with Crippen molar-refractivity contribution < 1.29 is 4.39 Å². The molecule has 0 unspecified atom stereocenters. The first kappa shape index (κ1) is 18.5. The Morgan fingerprint density at radius 2 is 1.93 bits per heavy atom. The normalized spacial score (nSPS) is 20.9. The quantitative estimate of drug-likeness (QED) is 0.428. The van der Waals surface area contributed by atoms with E-state index >= 15 is 0 Å². The highest BCUT2D eigenvalue weighted by Gasteiger charge is 2.29. The molecule has 1 saturated carbocycles. The fourth-order valence-electron chi connectivity index (χ4n) is 4.76.